The quantitative estimate of drug-likeness (QED) is 0.864. The summed E-state index contributed by atoms with van der Waals surface area (Å²) in [7, 11) is 0. The maximum atomic E-state index is 11.1. The average molecular weight is 291 g/mol. The van der Waals surface area contributed by atoms with Crippen LogP contribution in [0.25, 0.3) is 0 Å². The van der Waals surface area contributed by atoms with E-state index >= 15 is 0 Å². The molecule has 1 fully saturated rings. The minimum atomic E-state index is 0.0531. The summed E-state index contributed by atoms with van der Waals surface area (Å²) in [6.07, 6.45) is 2.99. The van der Waals surface area contributed by atoms with Crippen molar-refractivity contribution in [2.45, 2.75) is 46.1 Å². The topological polar surface area (TPSA) is 70.2 Å². The van der Waals surface area contributed by atoms with E-state index in [0.717, 1.165) is 56.4 Å². The SMILES string of the molecule is CCCNc1cc(N2CCC(NC(C)=O)CC2)nc(C)n1. The van der Waals surface area contributed by atoms with Crippen LogP contribution in [0, 0.1) is 6.92 Å². The fourth-order valence-electron chi connectivity index (χ4n) is 2.60. The van der Waals surface area contributed by atoms with E-state index < -0.39 is 0 Å². The fourth-order valence-corrected chi connectivity index (χ4v) is 2.60. The van der Waals surface area contributed by atoms with Crippen molar-refractivity contribution >= 4 is 17.5 Å². The molecule has 0 aliphatic carbocycles. The van der Waals surface area contributed by atoms with Gasteiger partial charge in [-0.25, -0.2) is 9.97 Å². The second kappa shape index (κ2) is 7.24. The molecule has 0 saturated carbocycles. The number of aromatic nitrogens is 2. The van der Waals surface area contributed by atoms with Crippen LogP contribution in [0.1, 0.15) is 38.9 Å². The number of nitrogens with zero attached hydrogens (tertiary/aromatic N) is 3. The average Bonchev–Trinajstić information content (AvgIpc) is 2.44. The van der Waals surface area contributed by atoms with E-state index in [2.05, 4.69) is 32.4 Å². The summed E-state index contributed by atoms with van der Waals surface area (Å²) in [4.78, 5) is 22.3. The fraction of sp³-hybridized carbons (Fsp3) is 0.667. The van der Waals surface area contributed by atoms with Crippen molar-refractivity contribution in [3.05, 3.63) is 11.9 Å². The van der Waals surface area contributed by atoms with Crippen LogP contribution in [0.15, 0.2) is 6.07 Å². The van der Waals surface area contributed by atoms with Crippen molar-refractivity contribution in [2.24, 2.45) is 0 Å². The van der Waals surface area contributed by atoms with E-state index in [9.17, 15) is 4.79 Å². The number of amides is 1. The third-order valence-electron chi connectivity index (χ3n) is 3.61. The molecule has 1 aliphatic heterocycles. The number of piperidine rings is 1. The Labute approximate surface area is 126 Å². The Balaban J connectivity index is 1.99. The standard InChI is InChI=1S/C15H25N5O/c1-4-7-16-14-10-15(18-11(2)17-14)20-8-5-13(6-9-20)19-12(3)21/h10,13H,4-9H2,1-3H3,(H,19,21)(H,16,17,18). The number of aryl methyl sites for hydroxylation is 1. The molecule has 0 bridgehead atoms. The second-order valence-electron chi connectivity index (χ2n) is 5.55. The third-order valence-corrected chi connectivity index (χ3v) is 3.61. The molecule has 6 heteroatoms. The number of hydrogen-bond acceptors (Lipinski definition) is 5. The number of nitrogens with one attached hydrogen (secondary N) is 2. The maximum absolute atomic E-state index is 11.1. The van der Waals surface area contributed by atoms with Gasteiger partial charge in [0.25, 0.3) is 0 Å². The van der Waals surface area contributed by atoms with Gasteiger partial charge in [-0.05, 0) is 26.2 Å². The zero-order valence-corrected chi connectivity index (χ0v) is 13.1. The van der Waals surface area contributed by atoms with Gasteiger partial charge in [-0.2, -0.15) is 0 Å². The van der Waals surface area contributed by atoms with Crippen LogP contribution < -0.4 is 15.5 Å². The highest BCUT2D eigenvalue weighted by atomic mass is 16.1. The van der Waals surface area contributed by atoms with E-state index in [1.165, 1.54) is 0 Å². The highest BCUT2D eigenvalue weighted by Gasteiger charge is 2.21. The zero-order valence-electron chi connectivity index (χ0n) is 13.1. The van der Waals surface area contributed by atoms with E-state index in [-0.39, 0.29) is 5.91 Å². The van der Waals surface area contributed by atoms with Crippen LogP contribution in [0.3, 0.4) is 0 Å². The molecule has 0 unspecified atom stereocenters. The van der Waals surface area contributed by atoms with Crippen molar-refractivity contribution < 1.29 is 4.79 Å². The lowest BCUT2D eigenvalue weighted by Gasteiger charge is -2.33. The van der Waals surface area contributed by atoms with Gasteiger partial charge in [0.2, 0.25) is 5.91 Å². The molecule has 1 aliphatic rings. The van der Waals surface area contributed by atoms with E-state index in [4.69, 9.17) is 0 Å². The summed E-state index contributed by atoms with van der Waals surface area (Å²) in [5.41, 5.74) is 0. The Morgan fingerprint density at radius 2 is 2.10 bits per heavy atom. The molecule has 0 spiro atoms. The van der Waals surface area contributed by atoms with Gasteiger partial charge in [-0.15, -0.1) is 0 Å². The summed E-state index contributed by atoms with van der Waals surface area (Å²) in [5, 5.41) is 6.31. The largest absolute Gasteiger partial charge is 0.370 e. The Hall–Kier alpha value is -1.85. The lowest BCUT2D eigenvalue weighted by molar-refractivity contribution is -0.119. The normalized spacial score (nSPS) is 15.9. The van der Waals surface area contributed by atoms with Crippen LogP contribution in [0.2, 0.25) is 0 Å². The van der Waals surface area contributed by atoms with Crippen LogP contribution in [0.4, 0.5) is 11.6 Å². The molecule has 1 aromatic heterocycles. The highest BCUT2D eigenvalue weighted by molar-refractivity contribution is 5.73. The molecule has 0 radical (unpaired) electrons. The van der Waals surface area contributed by atoms with Crippen LogP contribution >= 0.6 is 0 Å². The van der Waals surface area contributed by atoms with Gasteiger partial charge in [-0.3, -0.25) is 4.79 Å². The first-order valence-electron chi connectivity index (χ1n) is 7.70. The first-order valence-corrected chi connectivity index (χ1v) is 7.70. The van der Waals surface area contributed by atoms with Gasteiger partial charge in [0.1, 0.15) is 17.5 Å². The minimum Gasteiger partial charge on any atom is -0.370 e. The van der Waals surface area contributed by atoms with Crippen LogP contribution in [0.5, 0.6) is 0 Å². The monoisotopic (exact) mass is 291 g/mol. The Morgan fingerprint density at radius 1 is 1.38 bits per heavy atom. The molecule has 6 nitrogen and oxygen atoms in total. The van der Waals surface area contributed by atoms with Gasteiger partial charge >= 0.3 is 0 Å². The number of carbonyl (C=O) groups is 1. The summed E-state index contributed by atoms with van der Waals surface area (Å²) in [5.74, 6) is 2.71. The van der Waals surface area contributed by atoms with Crippen LogP contribution in [-0.4, -0.2) is 41.6 Å². The number of hydrogen-bond donors (Lipinski definition) is 2. The predicted octanol–water partition coefficient (Wildman–Crippen LogP) is 1.71. The lowest BCUT2D eigenvalue weighted by Crippen LogP contribution is -2.44. The van der Waals surface area contributed by atoms with E-state index in [1.807, 2.05) is 13.0 Å². The number of rotatable bonds is 5. The Kier molecular flexibility index (Phi) is 5.36. The molecule has 2 N–H and O–H groups in total. The van der Waals surface area contributed by atoms with Crippen LogP contribution in [-0.2, 0) is 4.79 Å². The molecule has 2 rings (SSSR count). The molecule has 116 valence electrons. The first-order chi connectivity index (χ1) is 10.1. The van der Waals surface area contributed by atoms with Crippen molar-refractivity contribution in [3.63, 3.8) is 0 Å². The molecular weight excluding hydrogens is 266 g/mol. The van der Waals surface area contributed by atoms with E-state index in [0.29, 0.717) is 6.04 Å². The second-order valence-corrected chi connectivity index (χ2v) is 5.55. The van der Waals surface area contributed by atoms with Gasteiger partial charge in [0.15, 0.2) is 0 Å². The lowest BCUT2D eigenvalue weighted by atomic mass is 10.1. The molecule has 1 aromatic rings. The molecule has 0 aromatic carbocycles. The molecule has 1 saturated heterocycles. The minimum absolute atomic E-state index is 0.0531. The smallest absolute Gasteiger partial charge is 0.217 e. The summed E-state index contributed by atoms with van der Waals surface area (Å²) in [6.45, 7) is 8.37. The Morgan fingerprint density at radius 3 is 2.71 bits per heavy atom. The highest BCUT2D eigenvalue weighted by Crippen LogP contribution is 2.20. The Bertz CT molecular complexity index is 483. The third kappa shape index (κ3) is 4.58. The molecular formula is C15H25N5O. The van der Waals surface area contributed by atoms with Crippen molar-refractivity contribution in [3.8, 4) is 0 Å². The zero-order chi connectivity index (χ0) is 15.2. The van der Waals surface area contributed by atoms with E-state index in [1.54, 1.807) is 6.92 Å². The van der Waals surface area contributed by atoms with Gasteiger partial charge < -0.3 is 15.5 Å². The van der Waals surface area contributed by atoms with Crippen molar-refractivity contribution in [1.82, 2.24) is 15.3 Å². The number of carbonyl (C=O) groups excluding carboxylic acids is 1. The van der Waals surface area contributed by atoms with Crippen molar-refractivity contribution in [2.75, 3.05) is 29.9 Å². The first kappa shape index (κ1) is 15.5. The van der Waals surface area contributed by atoms with Gasteiger partial charge in [0.05, 0.1) is 0 Å². The predicted molar refractivity (Wildman–Crippen MR) is 84.6 cm³/mol. The maximum Gasteiger partial charge on any atom is 0.217 e. The molecule has 21 heavy (non-hydrogen) atoms. The number of anilines is 2. The van der Waals surface area contributed by atoms with Crippen molar-refractivity contribution in [1.29, 1.82) is 0 Å². The molecule has 2 heterocycles. The summed E-state index contributed by atoms with van der Waals surface area (Å²) < 4.78 is 0. The summed E-state index contributed by atoms with van der Waals surface area (Å²) >= 11 is 0. The molecule has 0 atom stereocenters. The van der Waals surface area contributed by atoms with Gasteiger partial charge in [-0.1, -0.05) is 6.92 Å². The molecule has 1 amide bonds. The summed E-state index contributed by atoms with van der Waals surface area (Å²) in [6, 6.07) is 2.31. The van der Waals surface area contributed by atoms with Gasteiger partial charge in [0, 0.05) is 38.7 Å².